The van der Waals surface area contributed by atoms with Gasteiger partial charge in [-0.3, -0.25) is 14.4 Å². The van der Waals surface area contributed by atoms with Gasteiger partial charge in [0.2, 0.25) is 5.91 Å². The smallest absolute Gasteiger partial charge is 0.306 e. The van der Waals surface area contributed by atoms with Crippen molar-refractivity contribution < 1.29 is 24.2 Å². The van der Waals surface area contributed by atoms with Crippen molar-refractivity contribution >= 4 is 17.8 Å². The van der Waals surface area contributed by atoms with Crippen molar-refractivity contribution in [1.29, 1.82) is 0 Å². The maximum absolute atomic E-state index is 12.2. The average molecular weight is 334 g/mol. The minimum atomic E-state index is -0.932. The van der Waals surface area contributed by atoms with Gasteiger partial charge in [-0.1, -0.05) is 18.2 Å². The molecule has 2 rings (SSSR count). The zero-order valence-electron chi connectivity index (χ0n) is 13.4. The minimum Gasteiger partial charge on any atom is -0.481 e. The molecule has 1 aromatic carbocycles. The normalized spacial score (nSPS) is 17.3. The summed E-state index contributed by atoms with van der Waals surface area (Å²) in [5.74, 6) is -1.13. The lowest BCUT2D eigenvalue weighted by Crippen LogP contribution is -2.46. The van der Waals surface area contributed by atoms with Gasteiger partial charge in [-0.05, 0) is 18.6 Å². The maximum Gasteiger partial charge on any atom is 0.306 e. The highest BCUT2D eigenvalue weighted by molar-refractivity contribution is 5.94. The van der Waals surface area contributed by atoms with Crippen LogP contribution in [-0.2, 0) is 14.3 Å². The van der Waals surface area contributed by atoms with Crippen molar-refractivity contribution in [2.75, 3.05) is 26.2 Å². The Morgan fingerprint density at radius 3 is 2.71 bits per heavy atom. The number of rotatable bonds is 7. The second-order valence-corrected chi connectivity index (χ2v) is 5.66. The van der Waals surface area contributed by atoms with Gasteiger partial charge in [0.05, 0.1) is 19.1 Å². The average Bonchev–Trinajstić information content (AvgIpc) is 2.58. The van der Waals surface area contributed by atoms with E-state index in [1.54, 1.807) is 29.2 Å². The van der Waals surface area contributed by atoms with Gasteiger partial charge in [0, 0.05) is 31.6 Å². The van der Waals surface area contributed by atoms with Gasteiger partial charge in [-0.2, -0.15) is 0 Å². The van der Waals surface area contributed by atoms with Crippen LogP contribution in [0.5, 0.6) is 0 Å². The third kappa shape index (κ3) is 5.66. The SMILES string of the molecule is O=C(O)CC1CN(C(=O)CCCNC(=O)c2ccccc2)CCO1. The van der Waals surface area contributed by atoms with Gasteiger partial charge in [0.1, 0.15) is 0 Å². The largest absolute Gasteiger partial charge is 0.481 e. The molecule has 0 bridgehead atoms. The van der Waals surface area contributed by atoms with Crippen molar-refractivity contribution in [2.45, 2.75) is 25.4 Å². The summed E-state index contributed by atoms with van der Waals surface area (Å²) in [5.41, 5.74) is 0.591. The summed E-state index contributed by atoms with van der Waals surface area (Å²) in [6.45, 7) is 1.56. The molecule has 0 saturated carbocycles. The highest BCUT2D eigenvalue weighted by atomic mass is 16.5. The number of ether oxygens (including phenoxy) is 1. The molecule has 0 aliphatic carbocycles. The summed E-state index contributed by atoms with van der Waals surface area (Å²) in [5, 5.41) is 11.6. The number of aliphatic carboxylic acids is 1. The standard InChI is InChI=1S/C17H22N2O5/c20-15(19-9-10-24-14(12-19)11-16(21)22)7-4-8-18-17(23)13-5-2-1-3-6-13/h1-3,5-6,14H,4,7-12H2,(H,18,23)(H,21,22). The molecule has 0 aromatic heterocycles. The lowest BCUT2D eigenvalue weighted by molar-refractivity contribution is -0.147. The van der Waals surface area contributed by atoms with E-state index in [0.29, 0.717) is 44.6 Å². The molecule has 7 nitrogen and oxygen atoms in total. The van der Waals surface area contributed by atoms with E-state index in [1.807, 2.05) is 6.07 Å². The highest BCUT2D eigenvalue weighted by Crippen LogP contribution is 2.10. The highest BCUT2D eigenvalue weighted by Gasteiger charge is 2.25. The topological polar surface area (TPSA) is 95.9 Å². The summed E-state index contributed by atoms with van der Waals surface area (Å²) < 4.78 is 5.34. The number of carboxylic acid groups (broad SMARTS) is 1. The third-order valence-electron chi connectivity index (χ3n) is 3.78. The molecule has 0 radical (unpaired) electrons. The zero-order valence-corrected chi connectivity index (χ0v) is 13.4. The first kappa shape index (κ1) is 17.9. The number of benzene rings is 1. The van der Waals surface area contributed by atoms with E-state index in [0.717, 1.165) is 0 Å². The summed E-state index contributed by atoms with van der Waals surface area (Å²) in [6.07, 6.45) is 0.308. The van der Waals surface area contributed by atoms with E-state index >= 15 is 0 Å². The Hall–Kier alpha value is -2.41. The number of carbonyl (C=O) groups excluding carboxylic acids is 2. The Morgan fingerprint density at radius 2 is 2.00 bits per heavy atom. The van der Waals surface area contributed by atoms with E-state index in [-0.39, 0.29) is 18.2 Å². The molecule has 1 aliphatic heterocycles. The molecular formula is C17H22N2O5. The Morgan fingerprint density at radius 1 is 1.25 bits per heavy atom. The second-order valence-electron chi connectivity index (χ2n) is 5.66. The van der Waals surface area contributed by atoms with E-state index in [1.165, 1.54) is 0 Å². The molecular weight excluding hydrogens is 312 g/mol. The summed E-state index contributed by atoms with van der Waals surface area (Å²) in [4.78, 5) is 36.4. The Balaban J connectivity index is 1.67. The number of nitrogens with zero attached hydrogens (tertiary/aromatic N) is 1. The molecule has 0 spiro atoms. The Labute approximate surface area is 140 Å². The van der Waals surface area contributed by atoms with Crippen LogP contribution in [0.15, 0.2) is 30.3 Å². The van der Waals surface area contributed by atoms with Gasteiger partial charge in [0.25, 0.3) is 5.91 Å². The van der Waals surface area contributed by atoms with Crippen LogP contribution in [0.2, 0.25) is 0 Å². The number of amides is 2. The Bertz CT molecular complexity index is 576. The quantitative estimate of drug-likeness (QED) is 0.722. The number of nitrogens with one attached hydrogen (secondary N) is 1. The van der Waals surface area contributed by atoms with Crippen molar-refractivity contribution in [3.8, 4) is 0 Å². The molecule has 1 fully saturated rings. The molecule has 7 heteroatoms. The number of carboxylic acids is 1. The molecule has 1 saturated heterocycles. The van der Waals surface area contributed by atoms with E-state index in [4.69, 9.17) is 9.84 Å². The number of hydrogen-bond acceptors (Lipinski definition) is 4. The van der Waals surface area contributed by atoms with Gasteiger partial charge in [-0.15, -0.1) is 0 Å². The van der Waals surface area contributed by atoms with Gasteiger partial charge in [0.15, 0.2) is 0 Å². The van der Waals surface area contributed by atoms with Crippen molar-refractivity contribution in [3.63, 3.8) is 0 Å². The maximum atomic E-state index is 12.2. The molecule has 2 N–H and O–H groups in total. The molecule has 2 amide bonds. The van der Waals surface area contributed by atoms with Gasteiger partial charge in [-0.25, -0.2) is 0 Å². The van der Waals surface area contributed by atoms with Crippen LogP contribution in [0.1, 0.15) is 29.6 Å². The molecule has 1 aromatic rings. The zero-order chi connectivity index (χ0) is 17.4. The van der Waals surface area contributed by atoms with E-state index in [9.17, 15) is 14.4 Å². The van der Waals surface area contributed by atoms with Gasteiger partial charge < -0.3 is 20.1 Å². The lowest BCUT2D eigenvalue weighted by Gasteiger charge is -2.32. The van der Waals surface area contributed by atoms with E-state index < -0.39 is 12.1 Å². The van der Waals surface area contributed by atoms with E-state index in [2.05, 4.69) is 5.32 Å². The van der Waals surface area contributed by atoms with Crippen molar-refractivity contribution in [2.24, 2.45) is 0 Å². The number of carbonyl (C=O) groups is 3. The minimum absolute atomic E-state index is 0.0392. The van der Waals surface area contributed by atoms with Crippen LogP contribution in [-0.4, -0.2) is 60.1 Å². The van der Waals surface area contributed by atoms with Crippen molar-refractivity contribution in [3.05, 3.63) is 35.9 Å². The Kier molecular flexibility index (Phi) is 6.74. The van der Waals surface area contributed by atoms with Gasteiger partial charge >= 0.3 is 5.97 Å². The fraction of sp³-hybridized carbons (Fsp3) is 0.471. The lowest BCUT2D eigenvalue weighted by atomic mass is 10.2. The molecule has 24 heavy (non-hydrogen) atoms. The molecule has 130 valence electrons. The summed E-state index contributed by atoms with van der Waals surface area (Å²) >= 11 is 0. The molecule has 1 atom stereocenters. The van der Waals surface area contributed by atoms with Crippen LogP contribution in [0, 0.1) is 0 Å². The van der Waals surface area contributed by atoms with Crippen LogP contribution in [0.4, 0.5) is 0 Å². The number of hydrogen-bond donors (Lipinski definition) is 2. The predicted molar refractivity (Wildman–Crippen MR) is 86.6 cm³/mol. The first-order valence-corrected chi connectivity index (χ1v) is 8.00. The second kappa shape index (κ2) is 9.02. The molecule has 1 heterocycles. The fourth-order valence-corrected chi connectivity index (χ4v) is 2.56. The van der Waals surface area contributed by atoms with Crippen LogP contribution >= 0.6 is 0 Å². The van der Waals surface area contributed by atoms with Crippen molar-refractivity contribution in [1.82, 2.24) is 10.2 Å². The van der Waals surface area contributed by atoms with Crippen LogP contribution in [0.3, 0.4) is 0 Å². The third-order valence-corrected chi connectivity index (χ3v) is 3.78. The number of morpholine rings is 1. The fourth-order valence-electron chi connectivity index (χ4n) is 2.56. The van der Waals surface area contributed by atoms with Crippen LogP contribution < -0.4 is 5.32 Å². The molecule has 1 aliphatic rings. The predicted octanol–water partition coefficient (Wildman–Crippen LogP) is 0.899. The molecule has 1 unspecified atom stereocenters. The van der Waals surface area contributed by atoms with Crippen LogP contribution in [0.25, 0.3) is 0 Å². The monoisotopic (exact) mass is 334 g/mol. The first-order valence-electron chi connectivity index (χ1n) is 8.00. The summed E-state index contributed by atoms with van der Waals surface area (Å²) in [6, 6.07) is 8.90. The first-order chi connectivity index (χ1) is 11.6. The summed E-state index contributed by atoms with van der Waals surface area (Å²) in [7, 11) is 0.